The van der Waals surface area contributed by atoms with Gasteiger partial charge in [-0.25, -0.2) is 4.67 Å². The molecule has 2 unspecified atom stereocenters. The minimum Gasteiger partial charge on any atom is -0.355 e. The molecule has 7 nitrogen and oxygen atoms in total. The molecule has 0 bridgehead atoms. The van der Waals surface area contributed by atoms with Crippen molar-refractivity contribution in [3.63, 3.8) is 0 Å². The number of fused-ring (bicyclic) bond motifs is 1. The summed E-state index contributed by atoms with van der Waals surface area (Å²) in [6.45, 7) is 11.4. The molecule has 1 aromatic carbocycles. The van der Waals surface area contributed by atoms with E-state index < -0.39 is 8.53 Å². The molecule has 8 heteroatoms. The quantitative estimate of drug-likeness (QED) is 0.309. The molecule has 0 saturated carbocycles. The van der Waals surface area contributed by atoms with Crippen LogP contribution >= 0.6 is 8.53 Å². The van der Waals surface area contributed by atoms with Crippen molar-refractivity contribution in [3.8, 4) is 6.07 Å². The molecule has 3 atom stereocenters. The van der Waals surface area contributed by atoms with Crippen LogP contribution in [0.25, 0.3) is 10.8 Å². The molecule has 0 N–H and O–H groups in total. The van der Waals surface area contributed by atoms with Crippen LogP contribution in [0, 0.1) is 18.3 Å². The van der Waals surface area contributed by atoms with Crippen LogP contribution in [0.4, 0.5) is 0 Å². The van der Waals surface area contributed by atoms with Crippen LogP contribution in [0.1, 0.15) is 65.2 Å². The van der Waals surface area contributed by atoms with Crippen molar-refractivity contribution in [1.82, 2.24) is 9.24 Å². The summed E-state index contributed by atoms with van der Waals surface area (Å²) in [6.07, 6.45) is 4.42. The van der Waals surface area contributed by atoms with Crippen molar-refractivity contribution >= 4 is 19.3 Å². The maximum Gasteiger partial charge on any atom is 0.260 e. The molecule has 2 aromatic rings. The van der Waals surface area contributed by atoms with Gasteiger partial charge in [-0.3, -0.25) is 9.36 Å². The van der Waals surface area contributed by atoms with E-state index in [1.54, 1.807) is 4.57 Å². The number of pyridine rings is 1. The van der Waals surface area contributed by atoms with E-state index >= 15 is 0 Å². The number of hydrogen-bond acceptors (Lipinski definition) is 6. The first kappa shape index (κ1) is 25.8. The lowest BCUT2D eigenvalue weighted by atomic mass is 10.1. The number of nitrogens with zero attached hydrogens (tertiary/aromatic N) is 3. The normalized spacial score (nSPS) is 19.6. The Balaban J connectivity index is 1.59. The molecular formula is C25H36N3O4P. The first-order valence-corrected chi connectivity index (χ1v) is 12.9. The van der Waals surface area contributed by atoms with Crippen LogP contribution in [-0.2, 0) is 13.8 Å². The SMILES string of the molecule is Cc1ccc2c(=O)n([C@H]3CCC(CCOP(OCCC#N)N(C(C)C)C(C)C)O3)ccc2c1. The Bertz CT molecular complexity index is 1010. The van der Waals surface area contributed by atoms with Crippen molar-refractivity contribution < 1.29 is 13.8 Å². The average Bonchev–Trinajstić information content (AvgIpc) is 3.22. The van der Waals surface area contributed by atoms with Gasteiger partial charge >= 0.3 is 0 Å². The fourth-order valence-corrected chi connectivity index (χ4v) is 5.89. The Hall–Kier alpha value is -1.81. The van der Waals surface area contributed by atoms with E-state index in [4.69, 9.17) is 19.0 Å². The molecular weight excluding hydrogens is 437 g/mol. The van der Waals surface area contributed by atoms with E-state index in [1.165, 1.54) is 0 Å². The molecule has 2 heterocycles. The summed E-state index contributed by atoms with van der Waals surface area (Å²) in [7, 11) is -1.25. The van der Waals surface area contributed by atoms with Gasteiger partial charge in [0.1, 0.15) is 6.23 Å². The zero-order chi connectivity index (χ0) is 24.0. The van der Waals surface area contributed by atoms with Gasteiger partial charge in [-0.15, -0.1) is 0 Å². The van der Waals surface area contributed by atoms with Crippen molar-refractivity contribution in [1.29, 1.82) is 5.26 Å². The van der Waals surface area contributed by atoms with Gasteiger partial charge < -0.3 is 13.8 Å². The molecule has 0 radical (unpaired) electrons. The highest BCUT2D eigenvalue weighted by molar-refractivity contribution is 7.44. The number of aromatic nitrogens is 1. The molecule has 0 aliphatic carbocycles. The summed E-state index contributed by atoms with van der Waals surface area (Å²) in [5.41, 5.74) is 1.13. The second-order valence-corrected chi connectivity index (χ2v) is 10.5. The van der Waals surface area contributed by atoms with E-state index in [0.717, 1.165) is 35.6 Å². The van der Waals surface area contributed by atoms with Gasteiger partial charge in [0.2, 0.25) is 0 Å². The third kappa shape index (κ3) is 6.62. The number of nitriles is 1. The van der Waals surface area contributed by atoms with Crippen LogP contribution in [0.15, 0.2) is 35.3 Å². The molecule has 3 rings (SSSR count). The third-order valence-electron chi connectivity index (χ3n) is 5.79. The first-order chi connectivity index (χ1) is 15.8. The van der Waals surface area contributed by atoms with Crippen LogP contribution in [0.3, 0.4) is 0 Å². The highest BCUT2D eigenvalue weighted by atomic mass is 31.2. The van der Waals surface area contributed by atoms with Gasteiger partial charge in [0.25, 0.3) is 14.1 Å². The van der Waals surface area contributed by atoms with Gasteiger partial charge in [-0.1, -0.05) is 17.7 Å². The number of aryl methyl sites for hydroxylation is 1. The molecule has 1 saturated heterocycles. The predicted octanol–water partition coefficient (Wildman–Crippen LogP) is 5.67. The van der Waals surface area contributed by atoms with Crippen molar-refractivity contribution in [2.45, 2.75) is 84.7 Å². The van der Waals surface area contributed by atoms with Crippen molar-refractivity contribution in [2.75, 3.05) is 13.2 Å². The average molecular weight is 474 g/mol. The predicted molar refractivity (Wildman–Crippen MR) is 132 cm³/mol. The summed E-state index contributed by atoms with van der Waals surface area (Å²) < 4.78 is 22.3. The van der Waals surface area contributed by atoms with Gasteiger partial charge in [0.15, 0.2) is 0 Å². The summed E-state index contributed by atoms with van der Waals surface area (Å²) in [4.78, 5) is 13.0. The van der Waals surface area contributed by atoms with Crippen LogP contribution in [-0.4, -0.2) is 40.6 Å². The number of rotatable bonds is 11. The molecule has 1 aliphatic heterocycles. The number of ether oxygens (including phenoxy) is 1. The topological polar surface area (TPSA) is 76.7 Å². The lowest BCUT2D eigenvalue weighted by Crippen LogP contribution is -2.33. The van der Waals surface area contributed by atoms with E-state index in [1.807, 2.05) is 37.4 Å². The Kier molecular flexibility index (Phi) is 9.43. The zero-order valence-electron chi connectivity index (χ0n) is 20.4. The maximum atomic E-state index is 13.0. The van der Waals surface area contributed by atoms with Gasteiger partial charge in [-0.2, -0.15) is 5.26 Å². The van der Waals surface area contributed by atoms with Crippen LogP contribution in [0.5, 0.6) is 0 Å². The molecule has 0 amide bonds. The number of benzene rings is 1. The largest absolute Gasteiger partial charge is 0.355 e. The Morgan fingerprint density at radius 1 is 1.18 bits per heavy atom. The van der Waals surface area contributed by atoms with Gasteiger partial charge in [-0.05, 0) is 71.4 Å². The second kappa shape index (κ2) is 12.1. The van der Waals surface area contributed by atoms with E-state index in [0.29, 0.717) is 19.6 Å². The smallest absolute Gasteiger partial charge is 0.260 e. The van der Waals surface area contributed by atoms with Crippen molar-refractivity contribution in [2.24, 2.45) is 0 Å². The highest BCUT2D eigenvalue weighted by Gasteiger charge is 2.30. The summed E-state index contributed by atoms with van der Waals surface area (Å²) >= 11 is 0. The van der Waals surface area contributed by atoms with E-state index in [9.17, 15) is 4.79 Å². The van der Waals surface area contributed by atoms with E-state index in [2.05, 4.69) is 38.4 Å². The lowest BCUT2D eigenvalue weighted by Gasteiger charge is -2.35. The fraction of sp³-hybridized carbons (Fsp3) is 0.600. The fourth-order valence-electron chi connectivity index (χ4n) is 4.29. The molecule has 0 spiro atoms. The standard InChI is InChI=1S/C25H36N3O4P/c1-18(2)28(19(3)4)33(30-15-6-13-26)31-16-12-22-8-10-24(32-22)27-14-11-21-17-20(5)7-9-23(21)25(27)29/h7,9,11,14,17-19,22,24H,6,8,10,12,15-16H2,1-5H3/t22?,24-,33?/m1/s1. The summed E-state index contributed by atoms with van der Waals surface area (Å²) in [5, 5.41) is 10.5. The van der Waals surface area contributed by atoms with Crippen LogP contribution < -0.4 is 5.56 Å². The monoisotopic (exact) mass is 473 g/mol. The Morgan fingerprint density at radius 2 is 1.91 bits per heavy atom. The van der Waals surface area contributed by atoms with Crippen molar-refractivity contribution in [3.05, 3.63) is 46.4 Å². The lowest BCUT2D eigenvalue weighted by molar-refractivity contribution is -0.00868. The minimum atomic E-state index is -1.25. The third-order valence-corrected chi connectivity index (χ3v) is 7.89. The molecule has 1 fully saturated rings. The zero-order valence-corrected chi connectivity index (χ0v) is 21.3. The Morgan fingerprint density at radius 3 is 2.61 bits per heavy atom. The highest BCUT2D eigenvalue weighted by Crippen LogP contribution is 2.46. The first-order valence-electron chi connectivity index (χ1n) is 11.8. The molecule has 180 valence electrons. The molecule has 33 heavy (non-hydrogen) atoms. The minimum absolute atomic E-state index is 0.00618. The number of hydrogen-bond donors (Lipinski definition) is 0. The maximum absolute atomic E-state index is 13.0. The van der Waals surface area contributed by atoms with Gasteiger partial charge in [0, 0.05) is 23.7 Å². The summed E-state index contributed by atoms with van der Waals surface area (Å²) in [5.74, 6) is 0. The van der Waals surface area contributed by atoms with Gasteiger partial charge in [0.05, 0.1) is 31.8 Å². The second-order valence-electron chi connectivity index (χ2n) is 9.08. The molecule has 1 aromatic heterocycles. The Labute approximate surface area is 198 Å². The molecule has 1 aliphatic rings. The summed E-state index contributed by atoms with van der Waals surface area (Å²) in [6, 6.07) is 10.6. The van der Waals surface area contributed by atoms with Crippen LogP contribution in [0.2, 0.25) is 0 Å². The van der Waals surface area contributed by atoms with E-state index in [-0.39, 0.29) is 30.0 Å².